The van der Waals surface area contributed by atoms with Crippen molar-refractivity contribution in [2.75, 3.05) is 53.4 Å². The predicted octanol–water partition coefficient (Wildman–Crippen LogP) is 4.18. The normalized spacial score (nSPS) is 40.2. The highest BCUT2D eigenvalue weighted by atomic mass is 16.7. The molecule has 12 atom stereocenters. The molecule has 0 amide bonds. The summed E-state index contributed by atoms with van der Waals surface area (Å²) in [7, 11) is 3.60. The van der Waals surface area contributed by atoms with Gasteiger partial charge in [-0.2, -0.15) is 0 Å². The SMILES string of the molecule is CC[C@H]1OC(=O)C[C@@H](O)[C@H](C)[C@@H](O[C@@H]2O[C@H](C)[C@@H](O)[C@H](N(C)C)[C@H]2O)[C@@H](CCN2CCCCC2)C[C@@H](C)C(=O)/C=C/C(C)=C\[C@@H]1CN1CCCCC1. The molecular weight excluding hydrogens is 662 g/mol. The maximum atomic E-state index is 13.8. The molecule has 11 heteroatoms. The second-order valence-corrected chi connectivity index (χ2v) is 16.6. The molecule has 3 fully saturated rings. The Balaban J connectivity index is 1.68. The van der Waals surface area contributed by atoms with Crippen LogP contribution in [0.25, 0.3) is 0 Å². The van der Waals surface area contributed by atoms with Gasteiger partial charge in [-0.25, -0.2) is 0 Å². The Hall–Kier alpha value is -1.70. The van der Waals surface area contributed by atoms with Crippen molar-refractivity contribution in [2.45, 2.75) is 148 Å². The van der Waals surface area contributed by atoms with E-state index in [4.69, 9.17) is 14.2 Å². The highest BCUT2D eigenvalue weighted by Gasteiger charge is 2.47. The number of aliphatic hydroxyl groups excluding tert-OH is 3. The molecule has 3 saturated heterocycles. The van der Waals surface area contributed by atoms with Gasteiger partial charge in [-0.05, 0) is 118 Å². The zero-order chi connectivity index (χ0) is 37.9. The van der Waals surface area contributed by atoms with E-state index in [2.05, 4.69) is 15.9 Å². The molecule has 0 unspecified atom stereocenters. The average molecular weight is 734 g/mol. The van der Waals surface area contributed by atoms with Crippen molar-refractivity contribution in [3.05, 3.63) is 23.8 Å². The molecule has 11 nitrogen and oxygen atoms in total. The number of ketones is 1. The van der Waals surface area contributed by atoms with Crippen LogP contribution in [0.2, 0.25) is 0 Å². The minimum absolute atomic E-state index is 0.0270. The number of hydrogen-bond acceptors (Lipinski definition) is 11. The maximum absolute atomic E-state index is 13.8. The van der Waals surface area contributed by atoms with Crippen LogP contribution in [0.15, 0.2) is 23.8 Å². The standard InChI is InChI=1S/C41H71N3O8/c1-8-35-32(26-44-20-13-10-14-21-44)23-27(2)15-16-33(45)28(3)24-31(17-22-43-18-11-9-12-19-43)40(29(4)34(46)25-36(47)51-35)52-41-39(49)37(42(6)7)38(48)30(5)50-41/h15-16,23,28-32,34-35,37-41,46,48-49H,8-14,17-22,24-26H2,1-7H3/b16-15+,27-23-/t28-,29+,30-,31+,32-,34-,35-,37+,38-,39-,40-,41+/m1/s1. The fourth-order valence-corrected chi connectivity index (χ4v) is 8.83. The summed E-state index contributed by atoms with van der Waals surface area (Å²) in [6.45, 7) is 15.3. The maximum Gasteiger partial charge on any atom is 0.308 e. The molecule has 3 N–H and O–H groups in total. The summed E-state index contributed by atoms with van der Waals surface area (Å²) < 4.78 is 19.1. The first-order valence-corrected chi connectivity index (χ1v) is 20.3. The number of nitrogens with zero attached hydrogens (tertiary/aromatic N) is 3. The Morgan fingerprint density at radius 3 is 2.15 bits per heavy atom. The van der Waals surface area contributed by atoms with Crippen LogP contribution < -0.4 is 0 Å². The van der Waals surface area contributed by atoms with Crippen LogP contribution >= 0.6 is 0 Å². The number of allylic oxidation sites excluding steroid dienone is 3. The summed E-state index contributed by atoms with van der Waals surface area (Å²) >= 11 is 0. The van der Waals surface area contributed by atoms with Crippen molar-refractivity contribution < 1.29 is 39.1 Å². The summed E-state index contributed by atoms with van der Waals surface area (Å²) in [5.74, 6) is -1.58. The number of rotatable bonds is 9. The average Bonchev–Trinajstić information content (AvgIpc) is 3.12. The summed E-state index contributed by atoms with van der Waals surface area (Å²) in [5.41, 5.74) is 0.954. The van der Waals surface area contributed by atoms with E-state index in [1.807, 2.05) is 33.8 Å². The molecule has 0 bridgehead atoms. The van der Waals surface area contributed by atoms with E-state index in [1.54, 1.807) is 32.0 Å². The van der Waals surface area contributed by atoms with E-state index in [9.17, 15) is 24.9 Å². The number of esters is 1. The smallest absolute Gasteiger partial charge is 0.308 e. The van der Waals surface area contributed by atoms with Gasteiger partial charge >= 0.3 is 5.97 Å². The van der Waals surface area contributed by atoms with Crippen molar-refractivity contribution >= 4 is 11.8 Å². The topological polar surface area (TPSA) is 132 Å². The molecule has 4 heterocycles. The van der Waals surface area contributed by atoms with Crippen molar-refractivity contribution in [3.63, 3.8) is 0 Å². The third-order valence-corrected chi connectivity index (χ3v) is 12.1. The number of aliphatic hydroxyl groups is 3. The molecule has 0 radical (unpaired) electrons. The van der Waals surface area contributed by atoms with Gasteiger partial charge in [0.1, 0.15) is 12.2 Å². The lowest BCUT2D eigenvalue weighted by Crippen LogP contribution is -2.63. The van der Waals surface area contributed by atoms with Gasteiger partial charge in [-0.1, -0.05) is 51.3 Å². The minimum atomic E-state index is -1.17. The van der Waals surface area contributed by atoms with Crippen LogP contribution in [0.1, 0.15) is 98.8 Å². The first kappa shape index (κ1) is 43.0. The first-order valence-electron chi connectivity index (χ1n) is 20.3. The number of ether oxygens (including phenoxy) is 3. The Morgan fingerprint density at radius 1 is 0.904 bits per heavy atom. The van der Waals surface area contributed by atoms with Gasteiger partial charge in [0.05, 0.1) is 36.9 Å². The van der Waals surface area contributed by atoms with Crippen molar-refractivity contribution in [1.82, 2.24) is 14.7 Å². The van der Waals surface area contributed by atoms with Crippen LogP contribution in [-0.2, 0) is 23.8 Å². The van der Waals surface area contributed by atoms with E-state index in [0.717, 1.165) is 70.5 Å². The molecule has 0 spiro atoms. The van der Waals surface area contributed by atoms with Crippen LogP contribution in [0, 0.1) is 23.7 Å². The number of cyclic esters (lactones) is 1. The zero-order valence-electron chi connectivity index (χ0n) is 33.2. The van der Waals surface area contributed by atoms with Gasteiger partial charge in [0, 0.05) is 24.3 Å². The fraction of sp³-hybridized carbons (Fsp3) is 0.854. The van der Waals surface area contributed by atoms with Crippen LogP contribution in [-0.4, -0.2) is 144 Å². The van der Waals surface area contributed by atoms with Gasteiger partial charge in [0.25, 0.3) is 0 Å². The van der Waals surface area contributed by atoms with Crippen molar-refractivity contribution in [3.8, 4) is 0 Å². The Morgan fingerprint density at radius 2 is 1.54 bits per heavy atom. The Bertz CT molecular complexity index is 1170. The second kappa shape index (κ2) is 20.8. The molecular formula is C41H71N3O8. The molecule has 0 aromatic rings. The van der Waals surface area contributed by atoms with E-state index in [1.165, 1.54) is 12.8 Å². The Kier molecular flexibility index (Phi) is 17.2. The number of likely N-dealkylation sites (N-methyl/N-ethyl adjacent to an activating group) is 1. The van der Waals surface area contributed by atoms with Crippen LogP contribution in [0.3, 0.4) is 0 Å². The Labute approximate surface area is 313 Å². The molecule has 0 aliphatic carbocycles. The molecule has 4 aliphatic heterocycles. The lowest BCUT2D eigenvalue weighted by Gasteiger charge is -2.47. The van der Waals surface area contributed by atoms with Gasteiger partial charge in [-0.3, -0.25) is 9.59 Å². The molecule has 0 aromatic heterocycles. The van der Waals surface area contributed by atoms with Crippen LogP contribution in [0.4, 0.5) is 0 Å². The molecule has 0 saturated carbocycles. The summed E-state index contributed by atoms with van der Waals surface area (Å²) in [6, 6.07) is -0.632. The number of carbonyl (C=O) groups is 2. The number of likely N-dealkylation sites (tertiary alicyclic amines) is 2. The summed E-state index contributed by atoms with van der Waals surface area (Å²) in [5, 5.41) is 34.2. The lowest BCUT2D eigenvalue weighted by atomic mass is 9.79. The van der Waals surface area contributed by atoms with Crippen molar-refractivity contribution in [1.29, 1.82) is 0 Å². The highest BCUT2D eigenvalue weighted by molar-refractivity contribution is 5.91. The van der Waals surface area contributed by atoms with E-state index < -0.39 is 54.7 Å². The third-order valence-electron chi connectivity index (χ3n) is 12.1. The summed E-state index contributed by atoms with van der Waals surface area (Å²) in [6.07, 6.45) is 8.49. The predicted molar refractivity (Wildman–Crippen MR) is 203 cm³/mol. The third kappa shape index (κ3) is 12.2. The minimum Gasteiger partial charge on any atom is -0.462 e. The van der Waals surface area contributed by atoms with Gasteiger partial charge in [0.2, 0.25) is 0 Å². The van der Waals surface area contributed by atoms with Crippen LogP contribution in [0.5, 0.6) is 0 Å². The largest absolute Gasteiger partial charge is 0.462 e. The molecule has 4 aliphatic rings. The molecule has 298 valence electrons. The van der Waals surface area contributed by atoms with Gasteiger partial charge in [-0.15, -0.1) is 0 Å². The molecule has 0 aromatic carbocycles. The monoisotopic (exact) mass is 734 g/mol. The van der Waals surface area contributed by atoms with Gasteiger partial charge in [0.15, 0.2) is 12.1 Å². The fourth-order valence-electron chi connectivity index (χ4n) is 8.83. The number of piperidine rings is 2. The number of carbonyl (C=O) groups excluding carboxylic acids is 2. The van der Waals surface area contributed by atoms with E-state index >= 15 is 0 Å². The van der Waals surface area contributed by atoms with E-state index in [-0.39, 0.29) is 36.1 Å². The highest BCUT2D eigenvalue weighted by Crippen LogP contribution is 2.35. The molecule has 52 heavy (non-hydrogen) atoms. The van der Waals surface area contributed by atoms with Crippen molar-refractivity contribution in [2.24, 2.45) is 23.7 Å². The second-order valence-electron chi connectivity index (χ2n) is 16.6. The zero-order valence-corrected chi connectivity index (χ0v) is 33.2. The first-order chi connectivity index (χ1) is 24.8. The van der Waals surface area contributed by atoms with E-state index in [0.29, 0.717) is 19.3 Å². The lowest BCUT2D eigenvalue weighted by molar-refractivity contribution is -0.304. The quantitative estimate of drug-likeness (QED) is 0.295. The molecule has 4 rings (SSSR count). The van der Waals surface area contributed by atoms with Gasteiger partial charge < -0.3 is 44.2 Å². The summed E-state index contributed by atoms with van der Waals surface area (Å²) in [4.78, 5) is 34.1. The number of hydrogen-bond donors (Lipinski definition) is 3.